The van der Waals surface area contributed by atoms with Crippen LogP contribution < -0.4 is 4.74 Å². The zero-order valence-corrected chi connectivity index (χ0v) is 12.1. The molecule has 1 unspecified atom stereocenters. The maximum Gasteiger partial charge on any atom is 0.128 e. The molecule has 2 nitrogen and oxygen atoms in total. The summed E-state index contributed by atoms with van der Waals surface area (Å²) in [5, 5.41) is 1.05. The maximum absolute atomic E-state index is 5.40. The number of nitrogens with zero attached hydrogens (tertiary/aromatic N) is 1. The van der Waals surface area contributed by atoms with Gasteiger partial charge in [0.05, 0.1) is 7.11 Å². The minimum atomic E-state index is 0.688. The number of hydrogen-bond donors (Lipinski definition) is 0. The summed E-state index contributed by atoms with van der Waals surface area (Å²) in [6.07, 6.45) is 4.08. The number of aryl methyl sites for hydroxylation is 2. The Bertz CT molecular complexity index is 352. The topological polar surface area (TPSA) is 22.1 Å². The molecule has 0 amide bonds. The van der Waals surface area contributed by atoms with Crippen LogP contribution in [0.2, 0.25) is 0 Å². The minimum absolute atomic E-state index is 0.688. The number of halogens is 1. The average molecular weight is 286 g/mol. The number of rotatable bonds is 5. The molecule has 0 saturated carbocycles. The zero-order valence-electron chi connectivity index (χ0n) is 10.5. The van der Waals surface area contributed by atoms with E-state index in [1.54, 1.807) is 7.11 Å². The van der Waals surface area contributed by atoms with E-state index in [0.29, 0.717) is 5.92 Å². The minimum Gasteiger partial charge on any atom is -0.496 e. The molecule has 0 spiro atoms. The summed E-state index contributed by atoms with van der Waals surface area (Å²) in [6.45, 7) is 6.37. The van der Waals surface area contributed by atoms with Crippen LogP contribution in [0.1, 0.15) is 30.2 Å². The lowest BCUT2D eigenvalue weighted by atomic mass is 10.0. The van der Waals surface area contributed by atoms with Gasteiger partial charge in [0.1, 0.15) is 5.75 Å². The van der Waals surface area contributed by atoms with Crippen molar-refractivity contribution in [1.29, 1.82) is 0 Å². The quantitative estimate of drug-likeness (QED) is 0.770. The molecule has 1 aromatic heterocycles. The van der Waals surface area contributed by atoms with Crippen molar-refractivity contribution in [3.63, 3.8) is 0 Å². The maximum atomic E-state index is 5.40. The van der Waals surface area contributed by atoms with Gasteiger partial charge in [-0.2, -0.15) is 0 Å². The number of methoxy groups -OCH3 is 1. The summed E-state index contributed by atoms with van der Waals surface area (Å²) in [5.74, 6) is 1.67. The molecule has 0 aromatic carbocycles. The van der Waals surface area contributed by atoms with Crippen LogP contribution in [0.3, 0.4) is 0 Å². The van der Waals surface area contributed by atoms with Crippen molar-refractivity contribution in [3.05, 3.63) is 23.0 Å². The number of hydrogen-bond acceptors (Lipinski definition) is 2. The molecular weight excluding hydrogens is 266 g/mol. The Morgan fingerprint density at radius 1 is 1.44 bits per heavy atom. The highest BCUT2D eigenvalue weighted by molar-refractivity contribution is 9.09. The first-order chi connectivity index (χ1) is 7.60. The molecule has 0 saturated heterocycles. The Hall–Kier alpha value is -0.570. The zero-order chi connectivity index (χ0) is 12.1. The van der Waals surface area contributed by atoms with E-state index in [2.05, 4.69) is 34.8 Å². The standard InChI is InChI=1S/C13H20BrNO/c1-9(7-14)5-6-12-11(3)13(16-4)10(2)8-15-12/h8-9H,5-7H2,1-4H3. The van der Waals surface area contributed by atoms with Gasteiger partial charge < -0.3 is 4.74 Å². The van der Waals surface area contributed by atoms with Crippen LogP contribution in [0.15, 0.2) is 6.20 Å². The Balaban J connectivity index is 2.81. The van der Waals surface area contributed by atoms with Crippen molar-refractivity contribution in [2.24, 2.45) is 5.92 Å². The first kappa shape index (κ1) is 13.5. The largest absolute Gasteiger partial charge is 0.496 e. The molecule has 1 rings (SSSR count). The summed E-state index contributed by atoms with van der Waals surface area (Å²) in [7, 11) is 1.72. The van der Waals surface area contributed by atoms with Gasteiger partial charge in [0.25, 0.3) is 0 Å². The molecule has 0 aliphatic rings. The van der Waals surface area contributed by atoms with Crippen molar-refractivity contribution in [2.75, 3.05) is 12.4 Å². The van der Waals surface area contributed by atoms with Crippen molar-refractivity contribution < 1.29 is 4.74 Å². The van der Waals surface area contributed by atoms with Crippen LogP contribution in [0.25, 0.3) is 0 Å². The fraction of sp³-hybridized carbons (Fsp3) is 0.615. The molecule has 90 valence electrons. The fourth-order valence-corrected chi connectivity index (χ4v) is 2.11. The first-order valence-corrected chi connectivity index (χ1v) is 6.77. The van der Waals surface area contributed by atoms with Gasteiger partial charge in [0.15, 0.2) is 0 Å². The summed E-state index contributed by atoms with van der Waals surface area (Å²) >= 11 is 3.50. The number of alkyl halides is 1. The van der Waals surface area contributed by atoms with E-state index in [1.807, 2.05) is 13.1 Å². The molecule has 16 heavy (non-hydrogen) atoms. The molecule has 0 aliphatic heterocycles. The van der Waals surface area contributed by atoms with Crippen LogP contribution in [0, 0.1) is 19.8 Å². The van der Waals surface area contributed by atoms with Gasteiger partial charge >= 0.3 is 0 Å². The SMILES string of the molecule is COc1c(C)cnc(CCC(C)CBr)c1C. The molecule has 1 heterocycles. The van der Waals surface area contributed by atoms with Gasteiger partial charge in [-0.3, -0.25) is 4.98 Å². The first-order valence-electron chi connectivity index (χ1n) is 5.65. The smallest absolute Gasteiger partial charge is 0.128 e. The third kappa shape index (κ3) is 3.21. The summed E-state index contributed by atoms with van der Waals surface area (Å²) < 4.78 is 5.40. The van der Waals surface area contributed by atoms with Crippen LogP contribution >= 0.6 is 15.9 Å². The van der Waals surface area contributed by atoms with Gasteiger partial charge in [0.2, 0.25) is 0 Å². The van der Waals surface area contributed by atoms with E-state index in [9.17, 15) is 0 Å². The molecule has 0 N–H and O–H groups in total. The van der Waals surface area contributed by atoms with E-state index in [0.717, 1.165) is 35.2 Å². The van der Waals surface area contributed by atoms with Crippen molar-refractivity contribution in [1.82, 2.24) is 4.98 Å². The molecule has 1 aromatic rings. The normalized spacial score (nSPS) is 12.6. The lowest BCUT2D eigenvalue weighted by Crippen LogP contribution is -2.03. The van der Waals surface area contributed by atoms with E-state index in [-0.39, 0.29) is 0 Å². The Labute approximate surface area is 107 Å². The van der Waals surface area contributed by atoms with E-state index in [4.69, 9.17) is 4.74 Å². The van der Waals surface area contributed by atoms with Crippen molar-refractivity contribution >= 4 is 15.9 Å². The van der Waals surface area contributed by atoms with Gasteiger partial charge in [0, 0.05) is 28.3 Å². The monoisotopic (exact) mass is 285 g/mol. The number of pyridine rings is 1. The predicted octanol–water partition coefficient (Wildman–Crippen LogP) is 3.67. The molecule has 3 heteroatoms. The molecular formula is C13H20BrNO. The van der Waals surface area contributed by atoms with E-state index in [1.165, 1.54) is 5.56 Å². The highest BCUT2D eigenvalue weighted by Crippen LogP contribution is 2.25. The van der Waals surface area contributed by atoms with E-state index < -0.39 is 0 Å². The van der Waals surface area contributed by atoms with Crippen LogP contribution in [0.4, 0.5) is 0 Å². The van der Waals surface area contributed by atoms with Crippen LogP contribution in [-0.2, 0) is 6.42 Å². The fourth-order valence-electron chi connectivity index (χ4n) is 1.78. The lowest BCUT2D eigenvalue weighted by Gasteiger charge is -2.13. The summed E-state index contributed by atoms with van der Waals surface area (Å²) in [5.41, 5.74) is 3.46. The molecule has 0 fully saturated rings. The molecule has 1 atom stereocenters. The van der Waals surface area contributed by atoms with Crippen molar-refractivity contribution in [3.8, 4) is 5.75 Å². The van der Waals surface area contributed by atoms with E-state index >= 15 is 0 Å². The van der Waals surface area contributed by atoms with Crippen molar-refractivity contribution in [2.45, 2.75) is 33.6 Å². The van der Waals surface area contributed by atoms with Crippen LogP contribution in [-0.4, -0.2) is 17.4 Å². The highest BCUT2D eigenvalue weighted by Gasteiger charge is 2.10. The molecule has 0 aliphatic carbocycles. The number of ether oxygens (including phenoxy) is 1. The summed E-state index contributed by atoms with van der Waals surface area (Å²) in [4.78, 5) is 4.50. The lowest BCUT2D eigenvalue weighted by molar-refractivity contribution is 0.406. The predicted molar refractivity (Wildman–Crippen MR) is 71.5 cm³/mol. The second-order valence-corrected chi connectivity index (χ2v) is 4.99. The average Bonchev–Trinajstić information content (AvgIpc) is 2.28. The Kier molecular flexibility index (Phi) is 5.26. The van der Waals surface area contributed by atoms with Crippen LogP contribution in [0.5, 0.6) is 5.75 Å². The third-order valence-corrected chi connectivity index (χ3v) is 3.99. The second kappa shape index (κ2) is 6.24. The molecule has 0 bridgehead atoms. The van der Waals surface area contributed by atoms with Gasteiger partial charge in [-0.05, 0) is 32.6 Å². The van der Waals surface area contributed by atoms with Gasteiger partial charge in [-0.1, -0.05) is 22.9 Å². The van der Waals surface area contributed by atoms with Gasteiger partial charge in [-0.25, -0.2) is 0 Å². The molecule has 0 radical (unpaired) electrons. The third-order valence-electron chi connectivity index (χ3n) is 2.89. The second-order valence-electron chi connectivity index (χ2n) is 4.34. The summed E-state index contributed by atoms with van der Waals surface area (Å²) in [6, 6.07) is 0. The Morgan fingerprint density at radius 2 is 2.12 bits per heavy atom. The highest BCUT2D eigenvalue weighted by atomic mass is 79.9. The van der Waals surface area contributed by atoms with Gasteiger partial charge in [-0.15, -0.1) is 0 Å². The number of aromatic nitrogens is 1. The Morgan fingerprint density at radius 3 is 2.69 bits per heavy atom.